The first-order valence-electron chi connectivity index (χ1n) is 13.4. The molecule has 4 N–H and O–H groups in total. The highest BCUT2D eigenvalue weighted by atomic mass is 32.1. The van der Waals surface area contributed by atoms with E-state index in [1.807, 2.05) is 24.4 Å². The van der Waals surface area contributed by atoms with Crippen LogP contribution in [0.4, 0.5) is 10.5 Å². The first kappa shape index (κ1) is 29.2. The predicted octanol–water partition coefficient (Wildman–Crippen LogP) is 4.57. The van der Waals surface area contributed by atoms with Crippen LogP contribution in [-0.4, -0.2) is 55.2 Å². The standard InChI is InChI=1S/C29H40N2O7S/c1-28-10-9-25(38-27(35)31-18-12-19(36-3)14-20(13-18)37-4)29(2,17-32)24(28)8-7-23(33)22(28)15-26(34)30-16-21-6-5-11-39-21/h5-6,11-14,22-25,32-33H,7-10,15-17H2,1-4H3,(H,30,34)(H,31,35)/t22-,23-,24-,25-,28+,29+/m1/s1. The number of ether oxygens (including phenoxy) is 3. The Morgan fingerprint density at radius 3 is 2.44 bits per heavy atom. The molecule has 1 heterocycles. The molecule has 1 aromatic heterocycles. The Hall–Kier alpha value is -2.82. The molecule has 6 atom stereocenters. The summed E-state index contributed by atoms with van der Waals surface area (Å²) in [4.78, 5) is 27.0. The number of nitrogens with one attached hydrogen (secondary N) is 2. The fraction of sp³-hybridized carbons (Fsp3) is 0.586. The van der Waals surface area contributed by atoms with E-state index < -0.39 is 29.1 Å². The number of hydrogen-bond donors (Lipinski definition) is 4. The number of aliphatic hydroxyl groups is 2. The highest BCUT2D eigenvalue weighted by Crippen LogP contribution is 2.61. The van der Waals surface area contributed by atoms with Crippen LogP contribution in [0.2, 0.25) is 0 Å². The maximum Gasteiger partial charge on any atom is 0.411 e. The van der Waals surface area contributed by atoms with E-state index in [0.29, 0.717) is 49.4 Å². The van der Waals surface area contributed by atoms with E-state index in [-0.39, 0.29) is 30.8 Å². The van der Waals surface area contributed by atoms with Crippen LogP contribution in [0.15, 0.2) is 35.7 Å². The molecule has 0 radical (unpaired) electrons. The molecule has 0 saturated heterocycles. The summed E-state index contributed by atoms with van der Waals surface area (Å²) in [6, 6.07) is 8.98. The van der Waals surface area contributed by atoms with Crippen molar-refractivity contribution in [3.63, 3.8) is 0 Å². The number of aliphatic hydroxyl groups excluding tert-OH is 2. The lowest BCUT2D eigenvalue weighted by Crippen LogP contribution is -2.61. The largest absolute Gasteiger partial charge is 0.497 e. The van der Waals surface area contributed by atoms with Crippen LogP contribution >= 0.6 is 11.3 Å². The van der Waals surface area contributed by atoms with Crippen LogP contribution in [0.25, 0.3) is 0 Å². The van der Waals surface area contributed by atoms with Crippen molar-refractivity contribution in [1.82, 2.24) is 5.32 Å². The quantitative estimate of drug-likeness (QED) is 0.354. The monoisotopic (exact) mass is 560 g/mol. The lowest BCUT2D eigenvalue weighted by molar-refractivity contribution is -0.185. The highest BCUT2D eigenvalue weighted by molar-refractivity contribution is 7.09. The average molecular weight is 561 g/mol. The van der Waals surface area contributed by atoms with Gasteiger partial charge in [0.05, 0.1) is 39.2 Å². The van der Waals surface area contributed by atoms with E-state index in [0.717, 1.165) is 4.88 Å². The van der Waals surface area contributed by atoms with Crippen molar-refractivity contribution < 1.29 is 34.0 Å². The molecule has 2 aliphatic rings. The second kappa shape index (κ2) is 12.1. The van der Waals surface area contributed by atoms with Gasteiger partial charge < -0.3 is 29.7 Å². The Balaban J connectivity index is 1.46. The third-order valence-electron chi connectivity index (χ3n) is 8.97. The number of hydrogen-bond acceptors (Lipinski definition) is 8. The molecular formula is C29H40N2O7S. The molecule has 2 saturated carbocycles. The molecule has 0 bridgehead atoms. The van der Waals surface area contributed by atoms with E-state index in [1.54, 1.807) is 29.5 Å². The molecule has 0 aliphatic heterocycles. The Morgan fingerprint density at radius 2 is 1.82 bits per heavy atom. The summed E-state index contributed by atoms with van der Waals surface area (Å²) in [6.45, 7) is 4.36. The summed E-state index contributed by atoms with van der Waals surface area (Å²) >= 11 is 1.59. The zero-order valence-corrected chi connectivity index (χ0v) is 23.9. The number of thiophene rings is 1. The van der Waals surface area contributed by atoms with Crippen molar-refractivity contribution in [3.8, 4) is 11.5 Å². The maximum atomic E-state index is 13.0. The minimum absolute atomic E-state index is 0.0445. The fourth-order valence-electron chi connectivity index (χ4n) is 6.81. The van der Waals surface area contributed by atoms with Crippen molar-refractivity contribution in [1.29, 1.82) is 0 Å². The Bertz CT molecular complexity index is 1120. The number of carbonyl (C=O) groups excluding carboxylic acids is 2. The minimum atomic E-state index is -0.734. The van der Waals surface area contributed by atoms with Crippen LogP contribution in [0.5, 0.6) is 11.5 Å². The smallest absolute Gasteiger partial charge is 0.411 e. The third kappa shape index (κ3) is 6.18. The summed E-state index contributed by atoms with van der Waals surface area (Å²) in [5.74, 6) is 0.668. The van der Waals surface area contributed by atoms with E-state index in [4.69, 9.17) is 14.2 Å². The van der Waals surface area contributed by atoms with Crippen LogP contribution in [0, 0.1) is 22.7 Å². The van der Waals surface area contributed by atoms with E-state index in [2.05, 4.69) is 17.6 Å². The van der Waals surface area contributed by atoms with Gasteiger partial charge >= 0.3 is 6.09 Å². The van der Waals surface area contributed by atoms with E-state index in [9.17, 15) is 19.8 Å². The molecule has 2 aromatic rings. The summed E-state index contributed by atoms with van der Waals surface area (Å²) in [5.41, 5.74) is -0.661. The summed E-state index contributed by atoms with van der Waals surface area (Å²) < 4.78 is 16.5. The first-order valence-corrected chi connectivity index (χ1v) is 14.3. The van der Waals surface area contributed by atoms with Gasteiger partial charge in [-0.05, 0) is 54.4 Å². The number of carbonyl (C=O) groups is 2. The van der Waals surface area contributed by atoms with Gasteiger partial charge in [0.1, 0.15) is 17.6 Å². The summed E-state index contributed by atoms with van der Waals surface area (Å²) in [6.07, 6.45) is 0.834. The molecule has 9 nitrogen and oxygen atoms in total. The Labute approximate surface area is 233 Å². The Kier molecular flexibility index (Phi) is 9.08. The zero-order valence-electron chi connectivity index (χ0n) is 23.1. The van der Waals surface area contributed by atoms with Gasteiger partial charge in [0.25, 0.3) is 0 Å². The van der Waals surface area contributed by atoms with Crippen LogP contribution in [0.3, 0.4) is 0 Å². The summed E-state index contributed by atoms with van der Waals surface area (Å²) in [5, 5.41) is 29.4. The van der Waals surface area contributed by atoms with Gasteiger partial charge in [-0.3, -0.25) is 10.1 Å². The first-order chi connectivity index (χ1) is 18.6. The predicted molar refractivity (Wildman–Crippen MR) is 149 cm³/mol. The van der Waals surface area contributed by atoms with Gasteiger partial charge in [-0.2, -0.15) is 0 Å². The molecule has 39 heavy (non-hydrogen) atoms. The van der Waals surface area contributed by atoms with E-state index in [1.165, 1.54) is 14.2 Å². The minimum Gasteiger partial charge on any atom is -0.497 e. The third-order valence-corrected chi connectivity index (χ3v) is 9.84. The molecule has 0 unspecified atom stereocenters. The molecule has 2 aliphatic carbocycles. The van der Waals surface area contributed by atoms with Crippen LogP contribution < -0.4 is 20.1 Å². The van der Waals surface area contributed by atoms with Gasteiger partial charge in [-0.15, -0.1) is 11.3 Å². The topological polar surface area (TPSA) is 126 Å². The fourth-order valence-corrected chi connectivity index (χ4v) is 7.45. The number of methoxy groups -OCH3 is 2. The maximum absolute atomic E-state index is 13.0. The number of anilines is 1. The van der Waals surface area contributed by atoms with Gasteiger partial charge in [0.15, 0.2) is 0 Å². The Morgan fingerprint density at radius 1 is 1.10 bits per heavy atom. The molecule has 214 valence electrons. The van der Waals surface area contributed by atoms with Crippen molar-refractivity contribution in [3.05, 3.63) is 40.6 Å². The zero-order chi connectivity index (χ0) is 28.2. The van der Waals surface area contributed by atoms with Gasteiger partial charge in [-0.25, -0.2) is 4.79 Å². The van der Waals surface area contributed by atoms with Crippen molar-refractivity contribution in [2.75, 3.05) is 26.1 Å². The lowest BCUT2D eigenvalue weighted by atomic mass is 9.46. The van der Waals surface area contributed by atoms with Gasteiger partial charge in [0.2, 0.25) is 5.91 Å². The lowest BCUT2D eigenvalue weighted by Gasteiger charge is -2.60. The molecule has 4 rings (SSSR count). The van der Waals surface area contributed by atoms with Crippen LogP contribution in [-0.2, 0) is 16.1 Å². The van der Waals surface area contributed by atoms with E-state index >= 15 is 0 Å². The molecular weight excluding hydrogens is 520 g/mol. The highest BCUT2D eigenvalue weighted by Gasteiger charge is 2.60. The van der Waals surface area contributed by atoms with Crippen molar-refractivity contribution >= 4 is 29.0 Å². The molecule has 10 heteroatoms. The molecule has 0 spiro atoms. The van der Waals surface area contributed by atoms with Gasteiger partial charge in [0, 0.05) is 34.9 Å². The molecule has 2 amide bonds. The average Bonchev–Trinajstić information content (AvgIpc) is 3.45. The SMILES string of the molecule is COc1cc(NC(=O)O[C@@H]2CC[C@]3(C)[C@@H](CC[C@@H](O)[C@H]3CC(=O)NCc3cccs3)[C@]2(C)CO)cc(OC)c1. The molecule has 2 fully saturated rings. The number of rotatable bonds is 9. The number of amides is 2. The van der Waals surface area contributed by atoms with Gasteiger partial charge in [-0.1, -0.05) is 19.9 Å². The second-order valence-corrected chi connectivity index (χ2v) is 12.2. The van der Waals surface area contributed by atoms with Crippen LogP contribution in [0.1, 0.15) is 50.8 Å². The second-order valence-electron chi connectivity index (χ2n) is 11.2. The number of benzene rings is 1. The normalized spacial score (nSPS) is 30.1. The molecule has 1 aromatic carbocycles. The van der Waals surface area contributed by atoms with Crippen molar-refractivity contribution in [2.24, 2.45) is 22.7 Å². The van der Waals surface area contributed by atoms with Crippen molar-refractivity contribution in [2.45, 2.75) is 64.7 Å². The number of fused-ring (bicyclic) bond motifs is 1. The summed E-state index contributed by atoms with van der Waals surface area (Å²) in [7, 11) is 3.06.